The molecule has 2 heterocycles. The summed E-state index contributed by atoms with van der Waals surface area (Å²) >= 11 is 2.11. The third-order valence-electron chi connectivity index (χ3n) is 3.52. The maximum atomic E-state index is 3.82. The maximum Gasteiger partial charge on any atom is 0.0212 e. The van der Waals surface area contributed by atoms with Crippen molar-refractivity contribution in [3.63, 3.8) is 0 Å². The molecule has 0 aromatic heterocycles. The average Bonchev–Trinajstić information content (AvgIpc) is 2.47. The van der Waals surface area contributed by atoms with Gasteiger partial charge in [0.1, 0.15) is 0 Å². The van der Waals surface area contributed by atoms with Gasteiger partial charge in [0, 0.05) is 30.4 Å². The van der Waals surface area contributed by atoms with E-state index in [0.717, 1.165) is 18.1 Å². The van der Waals surface area contributed by atoms with Gasteiger partial charge in [-0.3, -0.25) is 0 Å². The molecular weight excluding hydrogens is 192 g/mol. The minimum atomic E-state index is 0.749. The molecule has 0 aromatic rings. The third-order valence-corrected chi connectivity index (χ3v) is 4.73. The zero-order valence-electron chi connectivity index (χ0n) is 9.33. The fraction of sp³-hybridized carbons (Fsp3) is 1.00. The first-order chi connectivity index (χ1) is 6.75. The molecule has 82 valence electrons. The van der Waals surface area contributed by atoms with Crippen molar-refractivity contribution in [1.82, 2.24) is 10.2 Å². The zero-order chi connectivity index (χ0) is 9.97. The number of likely N-dealkylation sites (N-methyl/N-ethyl adjacent to an activating group) is 1. The lowest BCUT2D eigenvalue weighted by molar-refractivity contribution is 0.324. The van der Waals surface area contributed by atoms with Crippen LogP contribution in [0, 0.1) is 0 Å². The molecule has 0 spiro atoms. The molecule has 2 fully saturated rings. The van der Waals surface area contributed by atoms with Gasteiger partial charge in [0.05, 0.1) is 0 Å². The molecule has 2 nitrogen and oxygen atoms in total. The molecule has 3 heteroatoms. The van der Waals surface area contributed by atoms with Gasteiger partial charge in [-0.25, -0.2) is 0 Å². The second kappa shape index (κ2) is 4.86. The van der Waals surface area contributed by atoms with Crippen LogP contribution in [-0.4, -0.2) is 48.1 Å². The summed E-state index contributed by atoms with van der Waals surface area (Å²) in [6.45, 7) is 3.57. The van der Waals surface area contributed by atoms with Crippen LogP contribution >= 0.6 is 11.8 Å². The van der Waals surface area contributed by atoms with Crippen LogP contribution in [0.5, 0.6) is 0 Å². The van der Waals surface area contributed by atoms with Crippen molar-refractivity contribution in [2.45, 2.75) is 44.3 Å². The summed E-state index contributed by atoms with van der Waals surface area (Å²) in [6, 6.07) is 2.31. The highest BCUT2D eigenvalue weighted by Crippen LogP contribution is 2.20. The lowest BCUT2D eigenvalue weighted by atomic mass is 10.1. The van der Waals surface area contributed by atoms with Crippen molar-refractivity contribution in [2.75, 3.05) is 25.1 Å². The summed E-state index contributed by atoms with van der Waals surface area (Å²) in [5.41, 5.74) is 0. The smallest absolute Gasteiger partial charge is 0.0212 e. The van der Waals surface area contributed by atoms with Gasteiger partial charge in [-0.05, 0) is 39.0 Å². The Hall–Kier alpha value is 0.270. The van der Waals surface area contributed by atoms with Crippen molar-refractivity contribution in [3.05, 3.63) is 0 Å². The van der Waals surface area contributed by atoms with Crippen LogP contribution in [-0.2, 0) is 0 Å². The number of hydrogen-bond acceptors (Lipinski definition) is 3. The Morgan fingerprint density at radius 1 is 1.36 bits per heavy atom. The summed E-state index contributed by atoms with van der Waals surface area (Å²) in [5.74, 6) is 2.70. The summed E-state index contributed by atoms with van der Waals surface area (Å²) in [5, 5.41) is 3.82. The van der Waals surface area contributed by atoms with E-state index in [-0.39, 0.29) is 0 Å². The first kappa shape index (κ1) is 10.8. The molecule has 0 bridgehead atoms. The predicted octanol–water partition coefficient (Wildman–Crippen LogP) is 1.56. The van der Waals surface area contributed by atoms with E-state index in [9.17, 15) is 0 Å². The van der Waals surface area contributed by atoms with Crippen LogP contribution in [0.3, 0.4) is 0 Å². The SMILES string of the molecule is CC1CC(NC2CCCSC2)CN1C. The Labute approximate surface area is 91.8 Å². The summed E-state index contributed by atoms with van der Waals surface area (Å²) in [7, 11) is 2.24. The minimum absolute atomic E-state index is 0.749. The van der Waals surface area contributed by atoms with Crippen LogP contribution in [0.1, 0.15) is 26.2 Å². The lowest BCUT2D eigenvalue weighted by Crippen LogP contribution is -2.42. The molecule has 14 heavy (non-hydrogen) atoms. The van der Waals surface area contributed by atoms with E-state index in [1.807, 2.05) is 0 Å². The van der Waals surface area contributed by atoms with Crippen LogP contribution in [0.2, 0.25) is 0 Å². The van der Waals surface area contributed by atoms with E-state index in [1.54, 1.807) is 0 Å². The number of nitrogens with zero attached hydrogens (tertiary/aromatic N) is 1. The van der Waals surface area contributed by atoms with Gasteiger partial charge in [0.25, 0.3) is 0 Å². The number of rotatable bonds is 2. The fourth-order valence-electron chi connectivity index (χ4n) is 2.52. The van der Waals surface area contributed by atoms with E-state index in [2.05, 4.69) is 35.9 Å². The standard InChI is InChI=1S/C11H22N2S/c1-9-6-11(7-13(9)2)12-10-4-3-5-14-8-10/h9-12H,3-8H2,1-2H3. The van der Waals surface area contributed by atoms with Gasteiger partial charge in [-0.2, -0.15) is 11.8 Å². The van der Waals surface area contributed by atoms with Gasteiger partial charge in [0.2, 0.25) is 0 Å². The molecule has 1 N–H and O–H groups in total. The van der Waals surface area contributed by atoms with E-state index in [1.165, 1.54) is 37.3 Å². The van der Waals surface area contributed by atoms with Crippen molar-refractivity contribution in [3.8, 4) is 0 Å². The molecule has 2 aliphatic rings. The van der Waals surface area contributed by atoms with E-state index in [0.29, 0.717) is 0 Å². The zero-order valence-corrected chi connectivity index (χ0v) is 10.1. The highest BCUT2D eigenvalue weighted by atomic mass is 32.2. The Balaban J connectivity index is 1.74. The highest BCUT2D eigenvalue weighted by Gasteiger charge is 2.27. The van der Waals surface area contributed by atoms with Crippen LogP contribution in [0.25, 0.3) is 0 Å². The summed E-state index contributed by atoms with van der Waals surface area (Å²) in [6.07, 6.45) is 4.12. The molecule has 0 aliphatic carbocycles. The van der Waals surface area contributed by atoms with Crippen molar-refractivity contribution >= 4 is 11.8 Å². The Morgan fingerprint density at radius 3 is 2.79 bits per heavy atom. The molecule has 0 radical (unpaired) electrons. The van der Waals surface area contributed by atoms with Crippen LogP contribution in [0.4, 0.5) is 0 Å². The first-order valence-corrected chi connectivity index (χ1v) is 6.95. The van der Waals surface area contributed by atoms with Crippen LogP contribution < -0.4 is 5.32 Å². The molecule has 0 saturated carbocycles. The van der Waals surface area contributed by atoms with Gasteiger partial charge < -0.3 is 10.2 Å². The van der Waals surface area contributed by atoms with Crippen molar-refractivity contribution in [1.29, 1.82) is 0 Å². The number of nitrogens with one attached hydrogen (secondary N) is 1. The maximum absolute atomic E-state index is 3.82. The number of thioether (sulfide) groups is 1. The second-order valence-electron chi connectivity index (χ2n) is 4.80. The van der Waals surface area contributed by atoms with Gasteiger partial charge in [0.15, 0.2) is 0 Å². The number of hydrogen-bond donors (Lipinski definition) is 1. The summed E-state index contributed by atoms with van der Waals surface area (Å²) in [4.78, 5) is 2.47. The predicted molar refractivity (Wildman–Crippen MR) is 64.0 cm³/mol. The van der Waals surface area contributed by atoms with Crippen molar-refractivity contribution < 1.29 is 0 Å². The summed E-state index contributed by atoms with van der Waals surface area (Å²) < 4.78 is 0. The van der Waals surface area contributed by atoms with Gasteiger partial charge in [-0.1, -0.05) is 0 Å². The van der Waals surface area contributed by atoms with E-state index in [4.69, 9.17) is 0 Å². The lowest BCUT2D eigenvalue weighted by Gasteiger charge is -2.26. The topological polar surface area (TPSA) is 15.3 Å². The van der Waals surface area contributed by atoms with Gasteiger partial charge >= 0.3 is 0 Å². The Morgan fingerprint density at radius 2 is 2.21 bits per heavy atom. The normalized spacial score (nSPS) is 40.3. The number of likely N-dealkylation sites (tertiary alicyclic amines) is 1. The van der Waals surface area contributed by atoms with Crippen molar-refractivity contribution in [2.24, 2.45) is 0 Å². The van der Waals surface area contributed by atoms with Crippen LogP contribution in [0.15, 0.2) is 0 Å². The van der Waals surface area contributed by atoms with E-state index < -0.39 is 0 Å². The molecule has 2 aliphatic heterocycles. The molecule has 3 atom stereocenters. The van der Waals surface area contributed by atoms with Gasteiger partial charge in [-0.15, -0.1) is 0 Å². The largest absolute Gasteiger partial charge is 0.309 e. The quantitative estimate of drug-likeness (QED) is 0.751. The average molecular weight is 214 g/mol. The molecule has 0 aromatic carbocycles. The highest BCUT2D eigenvalue weighted by molar-refractivity contribution is 7.99. The first-order valence-electron chi connectivity index (χ1n) is 5.79. The Kier molecular flexibility index (Phi) is 3.74. The second-order valence-corrected chi connectivity index (χ2v) is 5.95. The minimum Gasteiger partial charge on any atom is -0.309 e. The monoisotopic (exact) mass is 214 g/mol. The molecule has 2 rings (SSSR count). The third kappa shape index (κ3) is 2.65. The fourth-order valence-corrected chi connectivity index (χ4v) is 3.60. The Bertz CT molecular complexity index is 170. The van der Waals surface area contributed by atoms with E-state index >= 15 is 0 Å². The molecular formula is C11H22N2S. The molecule has 0 amide bonds. The molecule has 3 unspecified atom stereocenters. The molecule has 2 saturated heterocycles.